The molecule has 0 saturated carbocycles. The maximum absolute atomic E-state index is 12.5. The van der Waals surface area contributed by atoms with Gasteiger partial charge in [-0.25, -0.2) is 8.42 Å². The molecule has 27 heavy (non-hydrogen) atoms. The monoisotopic (exact) mass is 399 g/mol. The first-order valence-electron chi connectivity index (χ1n) is 7.16. The van der Waals surface area contributed by atoms with Crippen LogP contribution >= 0.6 is 0 Å². The fourth-order valence-electron chi connectivity index (χ4n) is 2.78. The van der Waals surface area contributed by atoms with Gasteiger partial charge in [-0.2, -0.15) is 0 Å². The molecule has 134 valence electrons. The molecule has 3 heterocycles. The normalized spacial score (nSPS) is 22.2. The van der Waals surface area contributed by atoms with E-state index in [1.165, 1.54) is 12.3 Å². The first kappa shape index (κ1) is 21.0. The van der Waals surface area contributed by atoms with Crippen molar-refractivity contribution >= 4 is 27.8 Å². The number of aliphatic carboxylic acids is 1. The summed E-state index contributed by atoms with van der Waals surface area (Å²) in [6, 6.07) is 4.83. The quantitative estimate of drug-likeness (QED) is 0.163. The molecule has 2 aliphatic heterocycles. The van der Waals surface area contributed by atoms with E-state index < -0.39 is 43.5 Å². The van der Waals surface area contributed by atoms with Gasteiger partial charge in [-0.1, -0.05) is 6.07 Å². The molecule has 0 unspecified atom stereocenters. The Balaban J connectivity index is 0.00000261. The summed E-state index contributed by atoms with van der Waals surface area (Å²) in [7, 11) is -4.00. The van der Waals surface area contributed by atoms with Gasteiger partial charge in [0.1, 0.15) is 0 Å². The molecule has 0 radical (unpaired) electrons. The van der Waals surface area contributed by atoms with Crippen LogP contribution in [0.1, 0.15) is 5.69 Å². The van der Waals surface area contributed by atoms with E-state index in [4.69, 9.17) is 0 Å². The van der Waals surface area contributed by atoms with Crippen LogP contribution in [-0.2, 0) is 19.4 Å². The summed E-state index contributed by atoms with van der Waals surface area (Å²) >= 11 is 0. The number of hydrogen-bond donors (Lipinski definition) is 0. The molecule has 10 nitrogen and oxygen atoms in total. The zero-order valence-corrected chi connectivity index (χ0v) is 16.8. The second-order valence-electron chi connectivity index (χ2n) is 5.45. The number of carboxylic acid groups (broad SMARTS) is 1. The van der Waals surface area contributed by atoms with E-state index in [0.717, 1.165) is 6.08 Å². The predicted molar refractivity (Wildman–Crippen MR) is 84.8 cm³/mol. The van der Waals surface area contributed by atoms with E-state index in [1.807, 2.05) is 0 Å². The second-order valence-corrected chi connectivity index (χ2v) is 7.51. The number of amides is 1. The molecule has 1 saturated heterocycles. The van der Waals surface area contributed by atoms with Crippen LogP contribution in [0.15, 0.2) is 53.5 Å². The number of carboxylic acids is 1. The molecule has 0 aromatic carbocycles. The molecule has 0 spiro atoms. The largest absolute Gasteiger partial charge is 1.00 e. The summed E-state index contributed by atoms with van der Waals surface area (Å²) in [4.78, 5) is 37.9. The smallest absolute Gasteiger partial charge is 0.543 e. The zero-order chi connectivity index (χ0) is 19.1. The summed E-state index contributed by atoms with van der Waals surface area (Å²) in [5, 5.41) is 20.4. The van der Waals surface area contributed by atoms with Gasteiger partial charge in [0, 0.05) is 12.3 Å². The summed E-state index contributed by atoms with van der Waals surface area (Å²) in [5.41, 5.74) is -0.863. The molecule has 2 aliphatic rings. The number of nitro groups is 1. The molecule has 3 rings (SSSR count). The van der Waals surface area contributed by atoms with Crippen molar-refractivity contribution < 1.29 is 57.6 Å². The Morgan fingerprint density at radius 3 is 2.63 bits per heavy atom. The first-order valence-corrected chi connectivity index (χ1v) is 8.88. The van der Waals surface area contributed by atoms with Crippen molar-refractivity contribution in [1.29, 1.82) is 0 Å². The zero-order valence-electron chi connectivity index (χ0n) is 13.9. The Kier molecular flexibility index (Phi) is 6.00. The number of nitrogens with zero attached hydrogens (tertiary/aromatic N) is 3. The van der Waals surface area contributed by atoms with Crippen molar-refractivity contribution in [3.8, 4) is 0 Å². The van der Waals surface area contributed by atoms with Crippen molar-refractivity contribution in [2.75, 3.05) is 5.75 Å². The Bertz CT molecular complexity index is 1020. The van der Waals surface area contributed by atoms with Crippen LogP contribution in [0.3, 0.4) is 0 Å². The van der Waals surface area contributed by atoms with Crippen molar-refractivity contribution in [1.82, 2.24) is 9.88 Å². The maximum Gasteiger partial charge on any atom is 1.00 e. The molecule has 0 bridgehead atoms. The fourth-order valence-corrected chi connectivity index (χ4v) is 4.68. The standard InChI is InChI=1S/C15H11N3O7S.Na/c19-13-11(7-10-3-1-2-5-16-10)14-18(13)12(15(20)21)9(4-6-17(22)23)8-26(14,24)25;/h1-7,14H,8H2,(H,20,21);/q;+1/p-1/b6-4+,11-7-;/t14-;/m1./s1. The molecular formula is C15H10N3NaO7S. The molecule has 1 amide bonds. The van der Waals surface area contributed by atoms with Crippen molar-refractivity contribution in [2.24, 2.45) is 0 Å². The van der Waals surface area contributed by atoms with Gasteiger partial charge in [-0.3, -0.25) is 24.8 Å². The van der Waals surface area contributed by atoms with E-state index in [2.05, 4.69) is 4.98 Å². The van der Waals surface area contributed by atoms with E-state index in [-0.39, 0.29) is 40.7 Å². The molecule has 1 atom stereocenters. The number of sulfone groups is 1. The number of carbonyl (C=O) groups excluding carboxylic acids is 2. The van der Waals surface area contributed by atoms with Crippen molar-refractivity contribution in [3.05, 3.63) is 69.3 Å². The van der Waals surface area contributed by atoms with Gasteiger partial charge in [0.2, 0.25) is 6.20 Å². The summed E-state index contributed by atoms with van der Waals surface area (Å²) in [6.45, 7) is 0. The van der Waals surface area contributed by atoms with Gasteiger partial charge in [0.05, 0.1) is 33.6 Å². The Labute approximate surface area is 175 Å². The van der Waals surface area contributed by atoms with Crippen LogP contribution < -0.4 is 34.7 Å². The van der Waals surface area contributed by atoms with Crippen LogP contribution in [0.4, 0.5) is 0 Å². The Hall–Kier alpha value is -2.34. The summed E-state index contributed by atoms with van der Waals surface area (Å²) in [6.07, 6.45) is 3.87. The van der Waals surface area contributed by atoms with Gasteiger partial charge >= 0.3 is 29.6 Å². The fraction of sp³-hybridized carbons (Fsp3) is 0.133. The van der Waals surface area contributed by atoms with Crippen LogP contribution in [-0.4, -0.2) is 46.2 Å². The van der Waals surface area contributed by atoms with Crippen molar-refractivity contribution in [2.45, 2.75) is 5.37 Å². The number of allylic oxidation sites excluding steroid dienone is 1. The number of rotatable bonds is 4. The third-order valence-corrected chi connectivity index (χ3v) is 5.65. The number of hydrogen-bond acceptors (Lipinski definition) is 8. The number of pyridine rings is 1. The molecule has 1 aromatic rings. The van der Waals surface area contributed by atoms with Gasteiger partial charge in [0.25, 0.3) is 5.91 Å². The molecule has 1 aromatic heterocycles. The SMILES string of the molecule is O=C([O-])C1=C(/C=C/[N+](=O)[O-])CS(=O)(=O)[C@@H]2/C(=C\c3ccccn3)C(=O)N12.[Na+]. The minimum absolute atomic E-state index is 0. The minimum Gasteiger partial charge on any atom is -0.543 e. The average Bonchev–Trinajstić information content (AvgIpc) is 2.57. The summed E-state index contributed by atoms with van der Waals surface area (Å²) in [5.74, 6) is -3.40. The second kappa shape index (κ2) is 7.72. The van der Waals surface area contributed by atoms with E-state index >= 15 is 0 Å². The third kappa shape index (κ3) is 3.86. The number of β-lactam (4-membered cyclic amide) rings is 1. The maximum atomic E-state index is 12.5. The number of fused-ring (bicyclic) bond motifs is 1. The average molecular weight is 399 g/mol. The predicted octanol–water partition coefficient (Wildman–Crippen LogP) is -4.14. The van der Waals surface area contributed by atoms with Gasteiger partial charge < -0.3 is 9.90 Å². The number of aromatic nitrogens is 1. The van der Waals surface area contributed by atoms with E-state index in [1.54, 1.807) is 18.2 Å². The Morgan fingerprint density at radius 2 is 2.07 bits per heavy atom. The van der Waals surface area contributed by atoms with Crippen LogP contribution in [0.5, 0.6) is 0 Å². The van der Waals surface area contributed by atoms with Crippen molar-refractivity contribution in [3.63, 3.8) is 0 Å². The third-order valence-electron chi connectivity index (χ3n) is 3.79. The van der Waals surface area contributed by atoms with Gasteiger partial charge in [-0.15, -0.1) is 0 Å². The minimum atomic E-state index is -4.00. The van der Waals surface area contributed by atoms with Gasteiger partial charge in [0.15, 0.2) is 15.2 Å². The molecular weight excluding hydrogens is 389 g/mol. The molecule has 0 N–H and O–H groups in total. The molecule has 12 heteroatoms. The van der Waals surface area contributed by atoms with Gasteiger partial charge in [-0.05, 0) is 23.8 Å². The Morgan fingerprint density at radius 1 is 1.37 bits per heavy atom. The van der Waals surface area contributed by atoms with E-state index in [9.17, 15) is 33.2 Å². The summed E-state index contributed by atoms with van der Waals surface area (Å²) < 4.78 is 25.0. The molecule has 1 fully saturated rings. The van der Waals surface area contributed by atoms with Crippen LogP contribution in [0.2, 0.25) is 0 Å². The topological polar surface area (TPSA) is 151 Å². The van der Waals surface area contributed by atoms with Crippen LogP contribution in [0.25, 0.3) is 6.08 Å². The first-order chi connectivity index (χ1) is 12.2. The van der Waals surface area contributed by atoms with E-state index in [0.29, 0.717) is 16.8 Å². The number of carbonyl (C=O) groups is 2. The van der Waals surface area contributed by atoms with Crippen LogP contribution in [0, 0.1) is 10.1 Å². The molecule has 0 aliphatic carbocycles.